The van der Waals surface area contributed by atoms with Gasteiger partial charge in [0.25, 0.3) is 0 Å². The van der Waals surface area contributed by atoms with Crippen LogP contribution in [0.4, 0.5) is 0 Å². The van der Waals surface area contributed by atoms with Crippen LogP contribution in [0.3, 0.4) is 0 Å². The third-order valence-electron chi connectivity index (χ3n) is 10.5. The Bertz CT molecular complexity index is 2750. The average molecular weight is 668 g/mol. The summed E-state index contributed by atoms with van der Waals surface area (Å²) in [6.45, 7) is 4.68. The summed E-state index contributed by atoms with van der Waals surface area (Å²) in [6, 6.07) is 55.3. The van der Waals surface area contributed by atoms with E-state index in [-0.39, 0.29) is 5.41 Å². The van der Waals surface area contributed by atoms with Crippen molar-refractivity contribution in [1.82, 2.24) is 24.5 Å². The summed E-state index contributed by atoms with van der Waals surface area (Å²) in [6.07, 6.45) is 1.85. The first-order valence-electron chi connectivity index (χ1n) is 17.6. The zero-order chi connectivity index (χ0) is 34.8. The Morgan fingerprint density at radius 2 is 1.08 bits per heavy atom. The topological polar surface area (TPSA) is 56.5 Å². The zero-order valence-electron chi connectivity index (χ0n) is 28.8. The molecule has 6 aromatic carbocycles. The molecule has 0 aliphatic heterocycles. The van der Waals surface area contributed by atoms with Crippen LogP contribution in [0.2, 0.25) is 0 Å². The molecule has 0 unspecified atom stereocenters. The second-order valence-electron chi connectivity index (χ2n) is 14.0. The van der Waals surface area contributed by atoms with Gasteiger partial charge in [-0.1, -0.05) is 129 Å². The van der Waals surface area contributed by atoms with Crippen molar-refractivity contribution in [2.75, 3.05) is 0 Å². The van der Waals surface area contributed by atoms with Gasteiger partial charge in [-0.2, -0.15) is 9.97 Å². The summed E-state index contributed by atoms with van der Waals surface area (Å²) in [5.41, 5.74) is 13.4. The molecule has 1 aliphatic rings. The van der Waals surface area contributed by atoms with Gasteiger partial charge in [0.1, 0.15) is 0 Å². The maximum Gasteiger partial charge on any atom is 0.238 e. The van der Waals surface area contributed by atoms with Gasteiger partial charge < -0.3 is 0 Å². The Morgan fingerprint density at radius 3 is 1.81 bits per heavy atom. The lowest BCUT2D eigenvalue weighted by atomic mass is 9.81. The fraction of sp³-hybridized carbons (Fsp3) is 0.0638. The van der Waals surface area contributed by atoms with Crippen molar-refractivity contribution in [1.29, 1.82) is 0 Å². The maximum absolute atomic E-state index is 5.15. The van der Waals surface area contributed by atoms with E-state index < -0.39 is 0 Å². The van der Waals surface area contributed by atoms with Crippen molar-refractivity contribution in [3.05, 3.63) is 175 Å². The SMILES string of the molecule is CC1(C)c2cc(-c3cccc(-c4ccccn4)c3)ccc2-c2cc3c4ccccc4n(-c4nc(-c5ccccc5)nc(-c5ccccc5)n4)c3cc21. The number of pyridine rings is 1. The Hall–Kier alpha value is -6.72. The summed E-state index contributed by atoms with van der Waals surface area (Å²) in [5.74, 6) is 1.88. The van der Waals surface area contributed by atoms with Crippen LogP contribution in [0.1, 0.15) is 25.0 Å². The predicted molar refractivity (Wildman–Crippen MR) is 211 cm³/mol. The minimum absolute atomic E-state index is 0.238. The molecule has 0 N–H and O–H groups in total. The van der Waals surface area contributed by atoms with Crippen LogP contribution in [0.15, 0.2) is 164 Å². The van der Waals surface area contributed by atoms with Crippen molar-refractivity contribution < 1.29 is 0 Å². The maximum atomic E-state index is 5.15. The van der Waals surface area contributed by atoms with Crippen molar-refractivity contribution in [2.45, 2.75) is 19.3 Å². The van der Waals surface area contributed by atoms with Crippen LogP contribution in [0, 0.1) is 0 Å². The van der Waals surface area contributed by atoms with Gasteiger partial charge in [-0.15, -0.1) is 0 Å². The predicted octanol–water partition coefficient (Wildman–Crippen LogP) is 11.3. The van der Waals surface area contributed by atoms with Crippen LogP contribution >= 0.6 is 0 Å². The molecule has 3 heterocycles. The molecule has 0 spiro atoms. The number of nitrogens with zero attached hydrogens (tertiary/aromatic N) is 5. The highest BCUT2D eigenvalue weighted by molar-refractivity contribution is 6.11. The zero-order valence-corrected chi connectivity index (χ0v) is 28.8. The molecule has 9 aromatic rings. The van der Waals surface area contributed by atoms with E-state index in [9.17, 15) is 0 Å². The molecule has 0 amide bonds. The van der Waals surface area contributed by atoms with Gasteiger partial charge >= 0.3 is 0 Å². The summed E-state index contributed by atoms with van der Waals surface area (Å²) in [5, 5.41) is 2.34. The molecule has 0 fully saturated rings. The quantitative estimate of drug-likeness (QED) is 0.183. The number of hydrogen-bond donors (Lipinski definition) is 0. The highest BCUT2D eigenvalue weighted by Gasteiger charge is 2.37. The molecule has 3 aromatic heterocycles. The van der Waals surface area contributed by atoms with E-state index in [1.807, 2.05) is 54.7 Å². The Morgan fingerprint density at radius 1 is 0.442 bits per heavy atom. The Labute approximate surface area is 302 Å². The second-order valence-corrected chi connectivity index (χ2v) is 14.0. The normalized spacial score (nSPS) is 13.0. The molecule has 0 saturated carbocycles. The molecule has 0 bridgehead atoms. The summed E-state index contributed by atoms with van der Waals surface area (Å²) >= 11 is 0. The molecule has 10 rings (SSSR count). The van der Waals surface area contributed by atoms with E-state index in [0.717, 1.165) is 38.8 Å². The summed E-state index contributed by atoms with van der Waals surface area (Å²) < 4.78 is 2.22. The fourth-order valence-corrected chi connectivity index (χ4v) is 7.88. The smallest absolute Gasteiger partial charge is 0.238 e. The number of rotatable bonds is 5. The van der Waals surface area contributed by atoms with Gasteiger partial charge in [-0.25, -0.2) is 4.98 Å². The largest absolute Gasteiger partial charge is 0.278 e. The van der Waals surface area contributed by atoms with E-state index in [2.05, 4.69) is 133 Å². The van der Waals surface area contributed by atoms with Gasteiger partial charge in [0.15, 0.2) is 11.6 Å². The van der Waals surface area contributed by atoms with E-state index >= 15 is 0 Å². The lowest BCUT2D eigenvalue weighted by Crippen LogP contribution is -2.15. The third kappa shape index (κ3) is 4.78. The van der Waals surface area contributed by atoms with E-state index in [4.69, 9.17) is 15.0 Å². The molecule has 52 heavy (non-hydrogen) atoms. The lowest BCUT2D eigenvalue weighted by Gasteiger charge is -2.22. The number of benzene rings is 6. The second kappa shape index (κ2) is 11.7. The van der Waals surface area contributed by atoms with Crippen LogP contribution in [0.25, 0.3) is 84.0 Å². The Balaban J connectivity index is 1.16. The standard InChI is InChI=1S/C47H33N5/c1-47(2)39-27-33(32-18-13-19-34(26-32)41-21-11-12-25-48-41)23-24-35(39)37-28-38-36-20-9-10-22-42(36)52(43(38)29-40(37)47)46-50-44(30-14-5-3-6-15-30)49-45(51-46)31-16-7-4-8-17-31/h3-29H,1-2H3. The Kier molecular flexibility index (Phi) is 6.77. The highest BCUT2D eigenvalue weighted by Crippen LogP contribution is 2.52. The molecular weight excluding hydrogens is 635 g/mol. The van der Waals surface area contributed by atoms with E-state index in [1.54, 1.807) is 0 Å². The van der Waals surface area contributed by atoms with Crippen LogP contribution in [0.5, 0.6) is 0 Å². The molecule has 0 radical (unpaired) electrons. The molecule has 246 valence electrons. The molecule has 1 aliphatic carbocycles. The van der Waals surface area contributed by atoms with Crippen LogP contribution in [-0.4, -0.2) is 24.5 Å². The lowest BCUT2D eigenvalue weighted by molar-refractivity contribution is 0.661. The van der Waals surface area contributed by atoms with E-state index in [1.165, 1.54) is 38.8 Å². The van der Waals surface area contributed by atoms with Crippen molar-refractivity contribution in [2.24, 2.45) is 0 Å². The number of para-hydroxylation sites is 1. The van der Waals surface area contributed by atoms with E-state index in [0.29, 0.717) is 17.6 Å². The minimum atomic E-state index is -0.238. The first kappa shape index (κ1) is 30.1. The van der Waals surface area contributed by atoms with Gasteiger partial charge in [0, 0.05) is 39.1 Å². The summed E-state index contributed by atoms with van der Waals surface area (Å²) in [7, 11) is 0. The van der Waals surface area contributed by atoms with Gasteiger partial charge in [-0.3, -0.25) is 9.55 Å². The van der Waals surface area contributed by atoms with Gasteiger partial charge in [0.2, 0.25) is 5.95 Å². The highest BCUT2D eigenvalue weighted by atomic mass is 15.2. The van der Waals surface area contributed by atoms with Crippen molar-refractivity contribution in [3.63, 3.8) is 0 Å². The molecule has 0 atom stereocenters. The minimum Gasteiger partial charge on any atom is -0.278 e. The number of fused-ring (bicyclic) bond motifs is 6. The molecule has 0 saturated heterocycles. The third-order valence-corrected chi connectivity index (χ3v) is 10.5. The molecule has 5 nitrogen and oxygen atoms in total. The van der Waals surface area contributed by atoms with Gasteiger partial charge in [0.05, 0.1) is 16.7 Å². The first-order chi connectivity index (χ1) is 25.5. The molecular formula is C47H33N5. The summed E-state index contributed by atoms with van der Waals surface area (Å²) in [4.78, 5) is 19.9. The van der Waals surface area contributed by atoms with Crippen molar-refractivity contribution in [3.8, 4) is 62.2 Å². The number of aromatic nitrogens is 5. The van der Waals surface area contributed by atoms with Crippen LogP contribution in [-0.2, 0) is 5.41 Å². The van der Waals surface area contributed by atoms with Crippen LogP contribution < -0.4 is 0 Å². The monoisotopic (exact) mass is 667 g/mol. The number of hydrogen-bond acceptors (Lipinski definition) is 4. The molecule has 5 heteroatoms. The first-order valence-corrected chi connectivity index (χ1v) is 17.6. The fourth-order valence-electron chi connectivity index (χ4n) is 7.88. The van der Waals surface area contributed by atoms with Gasteiger partial charge in [-0.05, 0) is 75.8 Å². The van der Waals surface area contributed by atoms with Crippen molar-refractivity contribution >= 4 is 21.8 Å². The average Bonchev–Trinajstić information content (AvgIpc) is 3.65.